The molecule has 0 aliphatic heterocycles. The minimum absolute atomic E-state index is 0.111. The number of ether oxygens (including phenoxy) is 2. The van der Waals surface area contributed by atoms with Gasteiger partial charge in [-0.05, 0) is 25.1 Å². The Morgan fingerprint density at radius 1 is 1.17 bits per heavy atom. The first kappa shape index (κ1) is 17.7. The molecule has 0 saturated heterocycles. The molecular weight excluding hydrogens is 311 g/mol. The number of halogens is 1. The van der Waals surface area contributed by atoms with E-state index in [-0.39, 0.29) is 12.4 Å². The van der Waals surface area contributed by atoms with E-state index in [4.69, 9.17) is 9.47 Å². The number of hydrogen-bond acceptors (Lipinski definition) is 3. The summed E-state index contributed by atoms with van der Waals surface area (Å²) < 4.78 is 24.5. The predicted molar refractivity (Wildman–Crippen MR) is 90.8 cm³/mol. The third kappa shape index (κ3) is 4.23. The molecule has 1 atom stereocenters. The third-order valence-electron chi connectivity index (χ3n) is 3.81. The van der Waals surface area contributed by atoms with Crippen LogP contribution < -0.4 is 15.4 Å². The highest BCUT2D eigenvalue weighted by molar-refractivity contribution is 5.89. The van der Waals surface area contributed by atoms with E-state index in [1.54, 1.807) is 56.5 Å². The first-order valence-electron chi connectivity index (χ1n) is 7.47. The Morgan fingerprint density at radius 2 is 1.92 bits per heavy atom. The van der Waals surface area contributed by atoms with Crippen LogP contribution in [-0.2, 0) is 10.3 Å². The second kappa shape index (κ2) is 7.79. The van der Waals surface area contributed by atoms with Crippen molar-refractivity contribution in [1.29, 1.82) is 0 Å². The molecule has 0 saturated carbocycles. The van der Waals surface area contributed by atoms with Crippen LogP contribution in [0.25, 0.3) is 0 Å². The molecule has 0 fully saturated rings. The van der Waals surface area contributed by atoms with Gasteiger partial charge in [0.15, 0.2) is 0 Å². The lowest BCUT2D eigenvalue weighted by Gasteiger charge is -2.29. The van der Waals surface area contributed by atoms with Crippen LogP contribution in [0.1, 0.15) is 12.5 Å². The van der Waals surface area contributed by atoms with Crippen molar-refractivity contribution >= 4 is 11.7 Å². The second-order valence-corrected chi connectivity index (χ2v) is 5.45. The number of nitrogens with one attached hydrogen (secondary N) is 2. The van der Waals surface area contributed by atoms with Gasteiger partial charge in [-0.2, -0.15) is 0 Å². The van der Waals surface area contributed by atoms with E-state index in [0.717, 1.165) is 0 Å². The minimum atomic E-state index is -0.975. The maximum Gasteiger partial charge on any atom is 0.319 e. The molecule has 0 aliphatic carbocycles. The third-order valence-corrected chi connectivity index (χ3v) is 3.81. The molecule has 6 heteroatoms. The van der Waals surface area contributed by atoms with E-state index in [2.05, 4.69) is 10.6 Å². The number of carbonyl (C=O) groups is 1. The van der Waals surface area contributed by atoms with E-state index >= 15 is 0 Å². The van der Waals surface area contributed by atoms with Crippen molar-refractivity contribution < 1.29 is 18.7 Å². The fourth-order valence-electron chi connectivity index (χ4n) is 2.29. The zero-order valence-electron chi connectivity index (χ0n) is 13.9. The van der Waals surface area contributed by atoms with Crippen molar-refractivity contribution in [2.75, 3.05) is 26.1 Å². The highest BCUT2D eigenvalue weighted by Gasteiger charge is 2.29. The number of hydrogen-bond donors (Lipinski definition) is 2. The van der Waals surface area contributed by atoms with E-state index in [0.29, 0.717) is 17.0 Å². The van der Waals surface area contributed by atoms with Crippen LogP contribution >= 0.6 is 0 Å². The Morgan fingerprint density at radius 3 is 2.58 bits per heavy atom. The average Bonchev–Trinajstić information content (AvgIpc) is 2.60. The molecule has 2 aromatic rings. The maximum absolute atomic E-state index is 14.0. The van der Waals surface area contributed by atoms with Crippen LogP contribution in [0, 0.1) is 5.82 Å². The molecule has 0 aromatic heterocycles. The summed E-state index contributed by atoms with van der Waals surface area (Å²) in [5.41, 5.74) is 0.00268. The molecule has 24 heavy (non-hydrogen) atoms. The SMILES string of the molecule is COc1cccc(NC(=O)NCC(C)(OC)c2ccccc2F)c1. The average molecular weight is 332 g/mol. The smallest absolute Gasteiger partial charge is 0.319 e. The first-order valence-corrected chi connectivity index (χ1v) is 7.47. The molecule has 128 valence electrons. The van der Waals surface area contributed by atoms with Gasteiger partial charge in [-0.3, -0.25) is 0 Å². The zero-order chi connectivity index (χ0) is 17.6. The van der Waals surface area contributed by atoms with E-state index in [1.165, 1.54) is 13.2 Å². The number of urea groups is 1. The number of amides is 2. The van der Waals surface area contributed by atoms with Crippen LogP contribution in [0.4, 0.5) is 14.9 Å². The van der Waals surface area contributed by atoms with Gasteiger partial charge in [-0.1, -0.05) is 24.3 Å². The summed E-state index contributed by atoms with van der Waals surface area (Å²) in [6.07, 6.45) is 0. The van der Waals surface area contributed by atoms with Crippen LogP contribution in [0.2, 0.25) is 0 Å². The van der Waals surface area contributed by atoms with Crippen molar-refractivity contribution in [1.82, 2.24) is 5.32 Å². The van der Waals surface area contributed by atoms with E-state index < -0.39 is 11.6 Å². The maximum atomic E-state index is 14.0. The molecule has 0 aliphatic rings. The number of benzene rings is 2. The highest BCUT2D eigenvalue weighted by Crippen LogP contribution is 2.26. The van der Waals surface area contributed by atoms with Gasteiger partial charge in [0.1, 0.15) is 17.2 Å². The molecule has 5 nitrogen and oxygen atoms in total. The summed E-state index contributed by atoms with van der Waals surface area (Å²) in [5, 5.41) is 5.40. The summed E-state index contributed by atoms with van der Waals surface area (Å²) in [6, 6.07) is 12.9. The van der Waals surface area contributed by atoms with Gasteiger partial charge in [0.05, 0.1) is 13.7 Å². The molecule has 2 amide bonds. The number of carbonyl (C=O) groups excluding carboxylic acids is 1. The molecule has 2 aromatic carbocycles. The minimum Gasteiger partial charge on any atom is -0.497 e. The number of anilines is 1. The molecule has 0 bridgehead atoms. The number of methoxy groups -OCH3 is 2. The van der Waals surface area contributed by atoms with Crippen LogP contribution in [0.3, 0.4) is 0 Å². The van der Waals surface area contributed by atoms with Crippen molar-refractivity contribution in [2.24, 2.45) is 0 Å². The lowest BCUT2D eigenvalue weighted by atomic mass is 9.95. The largest absolute Gasteiger partial charge is 0.497 e. The molecule has 1 unspecified atom stereocenters. The predicted octanol–water partition coefficient (Wildman–Crippen LogP) is 3.52. The highest BCUT2D eigenvalue weighted by atomic mass is 19.1. The molecular formula is C18H21FN2O3. The van der Waals surface area contributed by atoms with Gasteiger partial charge in [0.25, 0.3) is 0 Å². The standard InChI is InChI=1S/C18H21FN2O3/c1-18(24-3,15-9-4-5-10-16(15)19)12-20-17(22)21-13-7-6-8-14(11-13)23-2/h4-11H,12H2,1-3H3,(H2,20,21,22). The van der Waals surface area contributed by atoms with E-state index in [1.807, 2.05) is 0 Å². The van der Waals surface area contributed by atoms with Crippen LogP contribution in [0.5, 0.6) is 5.75 Å². The van der Waals surface area contributed by atoms with Gasteiger partial charge >= 0.3 is 6.03 Å². The normalized spacial score (nSPS) is 13.0. The van der Waals surface area contributed by atoms with Crippen LogP contribution in [-0.4, -0.2) is 26.8 Å². The van der Waals surface area contributed by atoms with Crippen molar-refractivity contribution in [3.63, 3.8) is 0 Å². The molecule has 2 rings (SSSR count). The van der Waals surface area contributed by atoms with Gasteiger partial charge in [-0.15, -0.1) is 0 Å². The Labute approximate surface area is 140 Å². The summed E-state index contributed by atoms with van der Waals surface area (Å²) in [4.78, 5) is 12.1. The summed E-state index contributed by atoms with van der Waals surface area (Å²) in [5.74, 6) is 0.262. The zero-order valence-corrected chi connectivity index (χ0v) is 13.9. The molecule has 0 spiro atoms. The van der Waals surface area contributed by atoms with Gasteiger partial charge in [0, 0.05) is 24.4 Å². The lowest BCUT2D eigenvalue weighted by molar-refractivity contribution is 0.00235. The van der Waals surface area contributed by atoms with Crippen LogP contribution in [0.15, 0.2) is 48.5 Å². The van der Waals surface area contributed by atoms with Gasteiger partial charge in [0.2, 0.25) is 0 Å². The topological polar surface area (TPSA) is 59.6 Å². The van der Waals surface area contributed by atoms with E-state index in [9.17, 15) is 9.18 Å². The van der Waals surface area contributed by atoms with Crippen molar-refractivity contribution in [3.05, 3.63) is 59.9 Å². The fourth-order valence-corrected chi connectivity index (χ4v) is 2.29. The monoisotopic (exact) mass is 332 g/mol. The summed E-state index contributed by atoms with van der Waals surface area (Å²) in [7, 11) is 3.03. The Bertz CT molecular complexity index is 708. The fraction of sp³-hybridized carbons (Fsp3) is 0.278. The molecule has 2 N–H and O–H groups in total. The number of rotatable bonds is 6. The molecule has 0 heterocycles. The van der Waals surface area contributed by atoms with Crippen molar-refractivity contribution in [3.8, 4) is 5.75 Å². The lowest BCUT2D eigenvalue weighted by Crippen LogP contribution is -2.42. The molecule has 0 radical (unpaired) electrons. The van der Waals surface area contributed by atoms with Crippen molar-refractivity contribution in [2.45, 2.75) is 12.5 Å². The Hall–Kier alpha value is -2.60. The second-order valence-electron chi connectivity index (χ2n) is 5.45. The van der Waals surface area contributed by atoms with Gasteiger partial charge < -0.3 is 20.1 Å². The summed E-state index contributed by atoms with van der Waals surface area (Å²) >= 11 is 0. The Balaban J connectivity index is 2.02. The summed E-state index contributed by atoms with van der Waals surface area (Å²) in [6.45, 7) is 1.83. The van der Waals surface area contributed by atoms with Gasteiger partial charge in [-0.25, -0.2) is 9.18 Å². The first-order chi connectivity index (χ1) is 11.5. The Kier molecular flexibility index (Phi) is 5.76. The quantitative estimate of drug-likeness (QED) is 0.851.